The van der Waals surface area contributed by atoms with Crippen molar-refractivity contribution in [1.29, 1.82) is 0 Å². The summed E-state index contributed by atoms with van der Waals surface area (Å²) in [6, 6.07) is 13.3. The summed E-state index contributed by atoms with van der Waals surface area (Å²) in [4.78, 5) is 23.9. The molecule has 0 spiro atoms. The number of ether oxygens (including phenoxy) is 3. The molecule has 0 saturated carbocycles. The van der Waals surface area contributed by atoms with Crippen LogP contribution in [0, 0.1) is 0 Å². The smallest absolute Gasteiger partial charge is 0.337 e. The second-order valence-corrected chi connectivity index (χ2v) is 5.96. The minimum Gasteiger partial charge on any atom is -0.491 e. The van der Waals surface area contributed by atoms with Crippen LogP contribution in [0.3, 0.4) is 0 Å². The van der Waals surface area contributed by atoms with Gasteiger partial charge in [0, 0.05) is 17.9 Å². The molecule has 28 heavy (non-hydrogen) atoms. The standard InChI is InChI=1S/C20H22N2O5S/c1-3-26-11-12-27-17-9-7-16(8-10-17)21-20(28)22-18(23)14-5-4-6-15(13-14)19(24)25-2/h4-10,13H,3,11-12H2,1-2H3,(H2,21,22,23,28). The molecule has 8 heteroatoms. The summed E-state index contributed by atoms with van der Waals surface area (Å²) in [7, 11) is 1.28. The van der Waals surface area contributed by atoms with Gasteiger partial charge in [0.2, 0.25) is 0 Å². The predicted octanol–water partition coefficient (Wildman–Crippen LogP) is 3.02. The Hall–Kier alpha value is -2.97. The number of hydrogen-bond donors (Lipinski definition) is 2. The molecule has 0 unspecified atom stereocenters. The highest BCUT2D eigenvalue weighted by Gasteiger charge is 2.12. The van der Waals surface area contributed by atoms with Gasteiger partial charge in [-0.05, 0) is 61.6 Å². The van der Waals surface area contributed by atoms with E-state index in [9.17, 15) is 9.59 Å². The van der Waals surface area contributed by atoms with Gasteiger partial charge in [0.05, 0.1) is 19.3 Å². The molecule has 1 amide bonds. The number of carbonyl (C=O) groups is 2. The number of methoxy groups -OCH3 is 1. The number of anilines is 1. The van der Waals surface area contributed by atoms with Crippen LogP contribution in [-0.2, 0) is 9.47 Å². The maximum absolute atomic E-state index is 12.3. The first-order valence-electron chi connectivity index (χ1n) is 8.64. The van der Waals surface area contributed by atoms with Gasteiger partial charge in [0.15, 0.2) is 5.11 Å². The summed E-state index contributed by atoms with van der Waals surface area (Å²) >= 11 is 5.17. The van der Waals surface area contributed by atoms with Crippen LogP contribution in [0.5, 0.6) is 5.75 Å². The van der Waals surface area contributed by atoms with E-state index < -0.39 is 11.9 Å². The first kappa shape index (κ1) is 21.3. The molecule has 0 fully saturated rings. The van der Waals surface area contributed by atoms with Crippen LogP contribution in [0.15, 0.2) is 48.5 Å². The van der Waals surface area contributed by atoms with E-state index in [0.29, 0.717) is 36.8 Å². The Bertz CT molecular complexity index is 824. The Kier molecular flexibility index (Phi) is 8.38. The number of carbonyl (C=O) groups excluding carboxylic acids is 2. The van der Waals surface area contributed by atoms with Crippen LogP contribution in [-0.4, -0.2) is 43.9 Å². The number of esters is 1. The number of thiocarbonyl (C=S) groups is 1. The van der Waals surface area contributed by atoms with E-state index in [4.69, 9.17) is 21.7 Å². The van der Waals surface area contributed by atoms with Gasteiger partial charge in [0.1, 0.15) is 12.4 Å². The highest BCUT2D eigenvalue weighted by molar-refractivity contribution is 7.80. The zero-order chi connectivity index (χ0) is 20.4. The lowest BCUT2D eigenvalue weighted by atomic mass is 10.1. The van der Waals surface area contributed by atoms with Crippen LogP contribution >= 0.6 is 12.2 Å². The molecule has 0 atom stereocenters. The van der Waals surface area contributed by atoms with Gasteiger partial charge >= 0.3 is 5.97 Å². The van der Waals surface area contributed by atoms with E-state index in [0.717, 1.165) is 0 Å². The Morgan fingerprint density at radius 3 is 2.43 bits per heavy atom. The largest absolute Gasteiger partial charge is 0.491 e. The molecular formula is C20H22N2O5S. The maximum atomic E-state index is 12.3. The molecule has 0 saturated heterocycles. The molecule has 2 aromatic carbocycles. The molecule has 0 aromatic heterocycles. The van der Waals surface area contributed by atoms with Crippen LogP contribution in [0.4, 0.5) is 5.69 Å². The predicted molar refractivity (Wildman–Crippen MR) is 110 cm³/mol. The van der Waals surface area contributed by atoms with Crippen molar-refractivity contribution in [3.05, 3.63) is 59.7 Å². The maximum Gasteiger partial charge on any atom is 0.337 e. The van der Waals surface area contributed by atoms with Crippen molar-refractivity contribution in [2.24, 2.45) is 0 Å². The normalized spacial score (nSPS) is 10.1. The number of amides is 1. The summed E-state index contributed by atoms with van der Waals surface area (Å²) in [6.45, 7) is 3.59. The first-order valence-corrected chi connectivity index (χ1v) is 9.05. The molecule has 0 bridgehead atoms. The highest BCUT2D eigenvalue weighted by atomic mass is 32.1. The fraction of sp³-hybridized carbons (Fsp3) is 0.250. The molecule has 0 aliphatic heterocycles. The van der Waals surface area contributed by atoms with Crippen molar-refractivity contribution in [2.75, 3.05) is 32.2 Å². The van der Waals surface area contributed by atoms with Crippen LogP contribution in [0.2, 0.25) is 0 Å². The number of benzene rings is 2. The summed E-state index contributed by atoms with van der Waals surface area (Å²) in [5, 5.41) is 5.63. The lowest BCUT2D eigenvalue weighted by molar-refractivity contribution is 0.0600. The van der Waals surface area contributed by atoms with E-state index in [1.54, 1.807) is 42.5 Å². The zero-order valence-electron chi connectivity index (χ0n) is 15.7. The van der Waals surface area contributed by atoms with Crippen molar-refractivity contribution in [2.45, 2.75) is 6.92 Å². The SMILES string of the molecule is CCOCCOc1ccc(NC(=S)NC(=O)c2cccc(C(=O)OC)c2)cc1. The fourth-order valence-corrected chi connectivity index (χ4v) is 2.45. The minimum atomic E-state index is -0.515. The van der Waals surface area contributed by atoms with E-state index in [1.807, 2.05) is 6.92 Å². The molecule has 7 nitrogen and oxygen atoms in total. The van der Waals surface area contributed by atoms with Gasteiger partial charge < -0.3 is 19.5 Å². The average molecular weight is 402 g/mol. The monoisotopic (exact) mass is 402 g/mol. The van der Waals surface area contributed by atoms with Crippen LogP contribution in [0.25, 0.3) is 0 Å². The van der Waals surface area contributed by atoms with Crippen molar-refractivity contribution in [1.82, 2.24) is 5.32 Å². The Morgan fingerprint density at radius 2 is 1.75 bits per heavy atom. The second kappa shape index (κ2) is 11.0. The lowest BCUT2D eigenvalue weighted by Gasteiger charge is -2.11. The Morgan fingerprint density at radius 1 is 1.04 bits per heavy atom. The van der Waals surface area contributed by atoms with Crippen molar-refractivity contribution < 1.29 is 23.8 Å². The number of hydrogen-bond acceptors (Lipinski definition) is 6. The van der Waals surface area contributed by atoms with E-state index >= 15 is 0 Å². The quantitative estimate of drug-likeness (QED) is 0.399. The van der Waals surface area contributed by atoms with Crippen molar-refractivity contribution in [3.8, 4) is 5.75 Å². The van der Waals surface area contributed by atoms with Crippen LogP contribution < -0.4 is 15.4 Å². The third-order valence-electron chi connectivity index (χ3n) is 3.59. The highest BCUT2D eigenvalue weighted by Crippen LogP contribution is 2.15. The molecule has 2 N–H and O–H groups in total. The molecule has 148 valence electrons. The van der Waals surface area contributed by atoms with Gasteiger partial charge in [0.25, 0.3) is 5.91 Å². The Balaban J connectivity index is 1.88. The third-order valence-corrected chi connectivity index (χ3v) is 3.79. The number of rotatable bonds is 8. The lowest BCUT2D eigenvalue weighted by Crippen LogP contribution is -2.34. The summed E-state index contributed by atoms with van der Waals surface area (Å²) < 4.78 is 15.4. The fourth-order valence-electron chi connectivity index (χ4n) is 2.24. The molecule has 0 heterocycles. The van der Waals surface area contributed by atoms with Crippen LogP contribution in [0.1, 0.15) is 27.6 Å². The molecule has 0 radical (unpaired) electrons. The summed E-state index contributed by atoms with van der Waals surface area (Å²) in [6.07, 6.45) is 0. The van der Waals surface area contributed by atoms with Gasteiger partial charge in [-0.2, -0.15) is 0 Å². The Labute approximate surface area is 169 Å². The number of nitrogens with one attached hydrogen (secondary N) is 2. The van der Waals surface area contributed by atoms with Gasteiger partial charge in [-0.3, -0.25) is 10.1 Å². The first-order chi connectivity index (χ1) is 13.5. The van der Waals surface area contributed by atoms with Gasteiger partial charge in [-0.15, -0.1) is 0 Å². The van der Waals surface area contributed by atoms with E-state index in [1.165, 1.54) is 13.2 Å². The topological polar surface area (TPSA) is 85.9 Å². The summed E-state index contributed by atoms with van der Waals surface area (Å²) in [5.74, 6) is -0.238. The van der Waals surface area contributed by atoms with Crippen molar-refractivity contribution in [3.63, 3.8) is 0 Å². The third kappa shape index (κ3) is 6.64. The molecule has 0 aliphatic carbocycles. The van der Waals surface area contributed by atoms with Gasteiger partial charge in [-0.1, -0.05) is 6.07 Å². The molecular weight excluding hydrogens is 380 g/mol. The minimum absolute atomic E-state index is 0.137. The van der Waals surface area contributed by atoms with E-state index in [2.05, 4.69) is 15.4 Å². The van der Waals surface area contributed by atoms with Crippen molar-refractivity contribution >= 4 is 34.9 Å². The molecule has 0 aliphatic rings. The average Bonchev–Trinajstić information content (AvgIpc) is 2.71. The second-order valence-electron chi connectivity index (χ2n) is 5.55. The zero-order valence-corrected chi connectivity index (χ0v) is 16.5. The summed E-state index contributed by atoms with van der Waals surface area (Å²) in [5.41, 5.74) is 1.28. The molecule has 2 aromatic rings. The molecule has 2 rings (SSSR count). The van der Waals surface area contributed by atoms with Gasteiger partial charge in [-0.25, -0.2) is 4.79 Å². The van der Waals surface area contributed by atoms with E-state index in [-0.39, 0.29) is 10.7 Å².